The fourth-order valence-electron chi connectivity index (χ4n) is 2.49. The Morgan fingerprint density at radius 1 is 1.39 bits per heavy atom. The van der Waals surface area contributed by atoms with Crippen molar-refractivity contribution in [2.45, 2.75) is 26.2 Å². The number of nitrogens with zero attached hydrogens (tertiary/aromatic N) is 1. The van der Waals surface area contributed by atoms with Crippen molar-refractivity contribution < 1.29 is 4.79 Å². The van der Waals surface area contributed by atoms with E-state index in [-0.39, 0.29) is 5.91 Å². The highest BCUT2D eigenvalue weighted by atomic mass is 16.1. The van der Waals surface area contributed by atoms with Gasteiger partial charge in [0, 0.05) is 18.7 Å². The maximum Gasteiger partial charge on any atom is 0.224 e. The Morgan fingerprint density at radius 2 is 2.11 bits per heavy atom. The Labute approximate surface area is 109 Å². The topological polar surface area (TPSA) is 32.3 Å². The molecule has 0 aliphatic carbocycles. The number of aryl methyl sites for hydroxylation is 1. The maximum atomic E-state index is 11.9. The lowest BCUT2D eigenvalue weighted by molar-refractivity contribution is -0.117. The molecule has 18 heavy (non-hydrogen) atoms. The summed E-state index contributed by atoms with van der Waals surface area (Å²) in [4.78, 5) is 14.2. The molecule has 3 nitrogen and oxygen atoms in total. The fraction of sp³-hybridized carbons (Fsp3) is 0.533. The van der Waals surface area contributed by atoms with Gasteiger partial charge in [-0.15, -0.1) is 0 Å². The van der Waals surface area contributed by atoms with Crippen LogP contribution in [0.15, 0.2) is 24.3 Å². The summed E-state index contributed by atoms with van der Waals surface area (Å²) in [5.74, 6) is 0.657. The van der Waals surface area contributed by atoms with Crippen LogP contribution in [-0.4, -0.2) is 30.9 Å². The third-order valence-corrected chi connectivity index (χ3v) is 3.61. The van der Waals surface area contributed by atoms with Crippen molar-refractivity contribution in [1.29, 1.82) is 0 Å². The van der Waals surface area contributed by atoms with Crippen LogP contribution in [0.1, 0.15) is 25.3 Å². The summed E-state index contributed by atoms with van der Waals surface area (Å²) in [5.41, 5.74) is 2.20. The maximum absolute atomic E-state index is 11.9. The molecule has 1 aromatic carbocycles. The first-order valence-corrected chi connectivity index (χ1v) is 6.74. The minimum absolute atomic E-state index is 0.138. The number of anilines is 1. The summed E-state index contributed by atoms with van der Waals surface area (Å²) in [6.45, 7) is 4.29. The van der Waals surface area contributed by atoms with Gasteiger partial charge in [-0.3, -0.25) is 4.79 Å². The van der Waals surface area contributed by atoms with Crippen molar-refractivity contribution in [3.8, 4) is 0 Å². The Kier molecular flexibility index (Phi) is 4.37. The molecule has 98 valence electrons. The number of hydrogen-bond donors (Lipinski definition) is 1. The second kappa shape index (κ2) is 6.01. The molecule has 0 aromatic heterocycles. The van der Waals surface area contributed by atoms with Crippen molar-refractivity contribution in [2.24, 2.45) is 5.92 Å². The van der Waals surface area contributed by atoms with Crippen LogP contribution < -0.4 is 5.32 Å². The van der Waals surface area contributed by atoms with Gasteiger partial charge in [-0.25, -0.2) is 0 Å². The van der Waals surface area contributed by atoms with E-state index in [0.717, 1.165) is 31.6 Å². The highest BCUT2D eigenvalue weighted by Crippen LogP contribution is 2.19. The van der Waals surface area contributed by atoms with E-state index in [1.54, 1.807) is 0 Å². The van der Waals surface area contributed by atoms with E-state index < -0.39 is 0 Å². The molecule has 0 radical (unpaired) electrons. The zero-order valence-electron chi connectivity index (χ0n) is 11.3. The van der Waals surface area contributed by atoms with Crippen LogP contribution in [0.3, 0.4) is 0 Å². The molecule has 1 aliphatic heterocycles. The van der Waals surface area contributed by atoms with Gasteiger partial charge >= 0.3 is 0 Å². The molecule has 3 heteroatoms. The van der Waals surface area contributed by atoms with Gasteiger partial charge in [0.15, 0.2) is 0 Å². The lowest BCUT2D eigenvalue weighted by atomic mass is 10.0. The first-order valence-electron chi connectivity index (χ1n) is 6.74. The molecular weight excluding hydrogens is 224 g/mol. The van der Waals surface area contributed by atoms with Crippen LogP contribution in [0, 0.1) is 5.92 Å². The first kappa shape index (κ1) is 13.1. The van der Waals surface area contributed by atoms with Crippen LogP contribution in [0.4, 0.5) is 5.69 Å². The van der Waals surface area contributed by atoms with Crippen molar-refractivity contribution in [3.63, 3.8) is 0 Å². The molecule has 1 N–H and O–H groups in total. The number of likely N-dealkylation sites (tertiary alicyclic amines) is 1. The molecule has 0 bridgehead atoms. The zero-order valence-corrected chi connectivity index (χ0v) is 11.3. The van der Waals surface area contributed by atoms with Gasteiger partial charge in [0.1, 0.15) is 0 Å². The standard InChI is InChI=1S/C15H22N2O/c1-3-12-4-6-14(7-5-12)16-15(18)10-13-8-9-17(2)11-13/h4-7,13H,3,8-11H2,1-2H3,(H,16,18). The molecule has 1 unspecified atom stereocenters. The Morgan fingerprint density at radius 3 is 2.67 bits per heavy atom. The quantitative estimate of drug-likeness (QED) is 0.885. The summed E-state index contributed by atoms with van der Waals surface area (Å²) in [7, 11) is 2.11. The van der Waals surface area contributed by atoms with E-state index in [9.17, 15) is 4.79 Å². The molecule has 1 aliphatic rings. The summed E-state index contributed by atoms with van der Waals surface area (Å²) in [6.07, 6.45) is 2.81. The van der Waals surface area contributed by atoms with E-state index in [0.29, 0.717) is 12.3 Å². The second-order valence-corrected chi connectivity index (χ2v) is 5.22. The van der Waals surface area contributed by atoms with Crippen molar-refractivity contribution in [2.75, 3.05) is 25.5 Å². The predicted molar refractivity (Wildman–Crippen MR) is 74.7 cm³/mol. The van der Waals surface area contributed by atoms with Crippen LogP contribution in [-0.2, 0) is 11.2 Å². The zero-order chi connectivity index (χ0) is 13.0. The molecule has 1 aromatic rings. The van der Waals surface area contributed by atoms with Gasteiger partial charge in [-0.2, -0.15) is 0 Å². The predicted octanol–water partition coefficient (Wildman–Crippen LogP) is 2.53. The van der Waals surface area contributed by atoms with Gasteiger partial charge in [-0.1, -0.05) is 19.1 Å². The highest BCUT2D eigenvalue weighted by molar-refractivity contribution is 5.90. The van der Waals surface area contributed by atoms with Gasteiger partial charge in [0.05, 0.1) is 0 Å². The fourth-order valence-corrected chi connectivity index (χ4v) is 2.49. The summed E-state index contributed by atoms with van der Waals surface area (Å²) in [6, 6.07) is 8.10. The first-order chi connectivity index (χ1) is 8.67. The minimum atomic E-state index is 0.138. The molecular formula is C15H22N2O. The summed E-state index contributed by atoms with van der Waals surface area (Å²) < 4.78 is 0. The molecule has 2 rings (SSSR count). The van der Waals surface area contributed by atoms with E-state index in [4.69, 9.17) is 0 Å². The highest BCUT2D eigenvalue weighted by Gasteiger charge is 2.21. The number of carbonyl (C=O) groups excluding carboxylic acids is 1. The smallest absolute Gasteiger partial charge is 0.224 e. The number of benzene rings is 1. The van der Waals surface area contributed by atoms with Crippen LogP contribution in [0.5, 0.6) is 0 Å². The van der Waals surface area contributed by atoms with Crippen molar-refractivity contribution in [3.05, 3.63) is 29.8 Å². The van der Waals surface area contributed by atoms with Gasteiger partial charge < -0.3 is 10.2 Å². The van der Waals surface area contributed by atoms with Crippen LogP contribution in [0.25, 0.3) is 0 Å². The Bertz CT molecular complexity index is 399. The van der Waals surface area contributed by atoms with Crippen LogP contribution >= 0.6 is 0 Å². The van der Waals surface area contributed by atoms with Gasteiger partial charge in [-0.05, 0) is 50.0 Å². The molecule has 0 saturated carbocycles. The lowest BCUT2D eigenvalue weighted by Crippen LogP contribution is -2.19. The second-order valence-electron chi connectivity index (χ2n) is 5.22. The van der Waals surface area contributed by atoms with E-state index in [2.05, 4.69) is 36.3 Å². The molecule has 1 saturated heterocycles. The number of rotatable bonds is 4. The third-order valence-electron chi connectivity index (χ3n) is 3.61. The van der Waals surface area contributed by atoms with Crippen LogP contribution in [0.2, 0.25) is 0 Å². The monoisotopic (exact) mass is 246 g/mol. The Balaban J connectivity index is 1.83. The lowest BCUT2D eigenvalue weighted by Gasteiger charge is -2.11. The normalized spacial score (nSPS) is 20.0. The van der Waals surface area contributed by atoms with E-state index >= 15 is 0 Å². The van der Waals surface area contributed by atoms with Gasteiger partial charge in [0.2, 0.25) is 5.91 Å². The Hall–Kier alpha value is -1.35. The molecule has 1 fully saturated rings. The molecule has 0 spiro atoms. The average molecular weight is 246 g/mol. The molecule has 1 atom stereocenters. The van der Waals surface area contributed by atoms with Crippen molar-refractivity contribution >= 4 is 11.6 Å². The molecule has 1 amide bonds. The number of amides is 1. The third kappa shape index (κ3) is 3.57. The largest absolute Gasteiger partial charge is 0.326 e. The minimum Gasteiger partial charge on any atom is -0.326 e. The number of carbonyl (C=O) groups is 1. The summed E-state index contributed by atoms with van der Waals surface area (Å²) in [5, 5.41) is 2.98. The van der Waals surface area contributed by atoms with E-state index in [1.165, 1.54) is 5.56 Å². The number of nitrogens with one attached hydrogen (secondary N) is 1. The van der Waals surface area contributed by atoms with E-state index in [1.807, 2.05) is 12.1 Å². The number of hydrogen-bond acceptors (Lipinski definition) is 2. The summed E-state index contributed by atoms with van der Waals surface area (Å²) >= 11 is 0. The SMILES string of the molecule is CCc1ccc(NC(=O)CC2CCN(C)C2)cc1. The molecule has 1 heterocycles. The average Bonchev–Trinajstić information content (AvgIpc) is 2.75. The van der Waals surface area contributed by atoms with Crippen molar-refractivity contribution in [1.82, 2.24) is 4.90 Å². The van der Waals surface area contributed by atoms with Gasteiger partial charge in [0.25, 0.3) is 0 Å².